The average molecular weight is 485 g/mol. The SMILES string of the molecule is CCc1ccc(OCCO)c(SNc2noc3cc(Cn4cc(COC)cn4)cc(OC)c23)c1. The van der Waals surface area contributed by atoms with Crippen molar-refractivity contribution in [3.8, 4) is 11.5 Å². The van der Waals surface area contributed by atoms with Crippen molar-refractivity contribution >= 4 is 28.7 Å². The summed E-state index contributed by atoms with van der Waals surface area (Å²) in [4.78, 5) is 0.894. The zero-order valence-corrected chi connectivity index (χ0v) is 20.2. The van der Waals surface area contributed by atoms with Crippen LogP contribution in [0.25, 0.3) is 11.0 Å². The summed E-state index contributed by atoms with van der Waals surface area (Å²) in [6, 6.07) is 9.89. The summed E-state index contributed by atoms with van der Waals surface area (Å²) in [6.45, 7) is 3.35. The maximum Gasteiger partial charge on any atom is 0.191 e. The lowest BCUT2D eigenvalue weighted by Gasteiger charge is -2.12. The molecule has 0 aliphatic rings. The molecule has 9 nitrogen and oxygen atoms in total. The van der Waals surface area contributed by atoms with Crippen LogP contribution < -0.4 is 14.2 Å². The number of rotatable bonds is 12. The Morgan fingerprint density at radius 3 is 2.76 bits per heavy atom. The first-order valence-corrected chi connectivity index (χ1v) is 11.7. The highest BCUT2D eigenvalue weighted by Gasteiger charge is 2.17. The van der Waals surface area contributed by atoms with Crippen LogP contribution in [0.1, 0.15) is 23.6 Å². The van der Waals surface area contributed by atoms with Crippen LogP contribution in [0.15, 0.2) is 52.1 Å². The van der Waals surface area contributed by atoms with E-state index in [0.29, 0.717) is 36.1 Å². The van der Waals surface area contributed by atoms with Crippen molar-refractivity contribution in [2.75, 3.05) is 32.2 Å². The lowest BCUT2D eigenvalue weighted by atomic mass is 10.1. The van der Waals surface area contributed by atoms with E-state index >= 15 is 0 Å². The van der Waals surface area contributed by atoms with Crippen LogP contribution in [-0.4, -0.2) is 47.5 Å². The predicted molar refractivity (Wildman–Crippen MR) is 130 cm³/mol. The third-order valence-electron chi connectivity index (χ3n) is 5.18. The first-order valence-electron chi connectivity index (χ1n) is 10.9. The standard InChI is InChI=1S/C24H28N4O5S/c1-4-16-5-6-19(32-8-7-29)22(11-16)34-27-24-23-20(31-3)9-17(10-21(23)33-26-24)13-28-14-18(12-25-28)15-30-2/h5-6,9-12,14,29H,4,7-8,13,15H2,1-3H3,(H,26,27). The molecule has 2 N–H and O–H groups in total. The van der Waals surface area contributed by atoms with Gasteiger partial charge in [-0.15, -0.1) is 0 Å². The Balaban J connectivity index is 1.56. The van der Waals surface area contributed by atoms with E-state index in [1.807, 2.05) is 35.1 Å². The molecule has 0 unspecified atom stereocenters. The topological polar surface area (TPSA) is 104 Å². The highest BCUT2D eigenvalue weighted by atomic mass is 32.2. The average Bonchev–Trinajstić information content (AvgIpc) is 3.48. The van der Waals surface area contributed by atoms with Crippen LogP contribution in [0.2, 0.25) is 0 Å². The second-order valence-corrected chi connectivity index (χ2v) is 8.44. The van der Waals surface area contributed by atoms with Crippen molar-refractivity contribution < 1.29 is 23.8 Å². The van der Waals surface area contributed by atoms with Gasteiger partial charge in [0, 0.05) is 18.9 Å². The van der Waals surface area contributed by atoms with Crippen LogP contribution in [0.5, 0.6) is 11.5 Å². The van der Waals surface area contributed by atoms with Crippen LogP contribution in [0, 0.1) is 0 Å². The molecule has 2 aromatic carbocycles. The summed E-state index contributed by atoms with van der Waals surface area (Å²) < 4.78 is 27.2. The molecule has 0 amide bonds. The molecule has 2 aromatic heterocycles. The molecule has 0 bridgehead atoms. The van der Waals surface area contributed by atoms with Crippen molar-refractivity contribution in [1.29, 1.82) is 0 Å². The Hall–Kier alpha value is -3.21. The number of nitrogens with zero attached hydrogens (tertiary/aromatic N) is 3. The smallest absolute Gasteiger partial charge is 0.191 e. The number of fused-ring (bicyclic) bond motifs is 1. The molecule has 2 heterocycles. The molecular formula is C24H28N4O5S. The van der Waals surface area contributed by atoms with E-state index in [-0.39, 0.29) is 13.2 Å². The van der Waals surface area contributed by atoms with Crippen molar-refractivity contribution in [3.63, 3.8) is 0 Å². The number of anilines is 1. The number of hydrogen-bond acceptors (Lipinski definition) is 9. The molecule has 34 heavy (non-hydrogen) atoms. The number of methoxy groups -OCH3 is 2. The van der Waals surface area contributed by atoms with Crippen molar-refractivity contribution in [3.05, 3.63) is 59.4 Å². The molecule has 4 aromatic rings. The van der Waals surface area contributed by atoms with Gasteiger partial charge in [0.15, 0.2) is 11.4 Å². The maximum atomic E-state index is 9.12. The first kappa shape index (κ1) is 23.9. The molecule has 180 valence electrons. The van der Waals surface area contributed by atoms with Crippen LogP contribution in [0.4, 0.5) is 5.82 Å². The zero-order chi connectivity index (χ0) is 23.9. The lowest BCUT2D eigenvalue weighted by molar-refractivity contribution is 0.185. The van der Waals surface area contributed by atoms with Crippen molar-refractivity contribution in [2.24, 2.45) is 0 Å². The van der Waals surface area contributed by atoms with Gasteiger partial charge in [0.05, 0.1) is 38.0 Å². The van der Waals surface area contributed by atoms with Gasteiger partial charge in [-0.3, -0.25) is 4.68 Å². The van der Waals surface area contributed by atoms with Gasteiger partial charge in [0.2, 0.25) is 0 Å². The number of aliphatic hydroxyl groups is 1. The quantitative estimate of drug-likeness (QED) is 0.285. The van der Waals surface area contributed by atoms with Crippen molar-refractivity contribution in [1.82, 2.24) is 14.9 Å². The lowest BCUT2D eigenvalue weighted by Crippen LogP contribution is -2.03. The summed E-state index contributed by atoms with van der Waals surface area (Å²) in [6.07, 6.45) is 4.64. The van der Waals surface area contributed by atoms with E-state index in [4.69, 9.17) is 23.8 Å². The number of hydrogen-bond donors (Lipinski definition) is 2. The molecule has 0 aliphatic heterocycles. The van der Waals surface area contributed by atoms with Gasteiger partial charge in [0.1, 0.15) is 23.5 Å². The normalized spacial score (nSPS) is 11.2. The minimum Gasteiger partial charge on any atom is -0.496 e. The summed E-state index contributed by atoms with van der Waals surface area (Å²) in [5, 5.41) is 18.5. The molecular weight excluding hydrogens is 456 g/mol. The van der Waals surface area contributed by atoms with Gasteiger partial charge in [-0.2, -0.15) is 5.10 Å². The minimum atomic E-state index is -0.0489. The van der Waals surface area contributed by atoms with E-state index in [1.54, 1.807) is 20.4 Å². The fraction of sp³-hybridized carbons (Fsp3) is 0.333. The van der Waals surface area contributed by atoms with Crippen LogP contribution in [0.3, 0.4) is 0 Å². The molecule has 0 aliphatic carbocycles. The third kappa shape index (κ3) is 5.46. The number of benzene rings is 2. The number of aryl methyl sites for hydroxylation is 1. The highest BCUT2D eigenvalue weighted by molar-refractivity contribution is 8.00. The van der Waals surface area contributed by atoms with Crippen LogP contribution >= 0.6 is 11.9 Å². The van der Waals surface area contributed by atoms with Gasteiger partial charge >= 0.3 is 0 Å². The van der Waals surface area contributed by atoms with Crippen LogP contribution in [-0.2, 0) is 24.3 Å². The van der Waals surface area contributed by atoms with Crippen molar-refractivity contribution in [2.45, 2.75) is 31.4 Å². The Bertz CT molecular complexity index is 1240. The number of aliphatic hydroxyl groups excluding tert-OH is 1. The van der Waals surface area contributed by atoms with Gasteiger partial charge in [-0.25, -0.2) is 0 Å². The van der Waals surface area contributed by atoms with E-state index in [1.165, 1.54) is 17.5 Å². The summed E-state index contributed by atoms with van der Waals surface area (Å²) in [5.74, 6) is 1.90. The molecule has 10 heteroatoms. The number of nitrogens with one attached hydrogen (secondary N) is 1. The second kappa shape index (κ2) is 11.3. The maximum absolute atomic E-state index is 9.12. The fourth-order valence-electron chi connectivity index (χ4n) is 3.56. The molecule has 0 saturated heterocycles. The van der Waals surface area contributed by atoms with Gasteiger partial charge in [-0.1, -0.05) is 18.1 Å². The zero-order valence-electron chi connectivity index (χ0n) is 19.4. The summed E-state index contributed by atoms with van der Waals surface area (Å²) in [5.41, 5.74) is 3.77. The van der Waals surface area contributed by atoms with E-state index in [2.05, 4.69) is 28.0 Å². The van der Waals surface area contributed by atoms with E-state index in [0.717, 1.165) is 27.8 Å². The Kier molecular flexibility index (Phi) is 7.94. The highest BCUT2D eigenvalue weighted by Crippen LogP contribution is 2.37. The molecule has 0 fully saturated rings. The molecule has 0 atom stereocenters. The third-order valence-corrected chi connectivity index (χ3v) is 6.02. The van der Waals surface area contributed by atoms with Gasteiger partial charge < -0.3 is 28.6 Å². The predicted octanol–water partition coefficient (Wildman–Crippen LogP) is 4.28. The summed E-state index contributed by atoms with van der Waals surface area (Å²) >= 11 is 1.37. The number of aromatic nitrogens is 3. The Labute approximate surface area is 202 Å². The van der Waals surface area contributed by atoms with E-state index < -0.39 is 0 Å². The number of ether oxygens (including phenoxy) is 3. The largest absolute Gasteiger partial charge is 0.496 e. The Morgan fingerprint density at radius 2 is 2.00 bits per heavy atom. The van der Waals surface area contributed by atoms with Gasteiger partial charge in [0.25, 0.3) is 0 Å². The first-order chi connectivity index (χ1) is 16.6. The molecule has 0 radical (unpaired) electrons. The second-order valence-electron chi connectivity index (χ2n) is 7.59. The fourth-order valence-corrected chi connectivity index (χ4v) is 4.35. The minimum absolute atomic E-state index is 0.0489. The Morgan fingerprint density at radius 1 is 1.12 bits per heavy atom. The molecule has 4 rings (SSSR count). The monoisotopic (exact) mass is 484 g/mol. The molecule has 0 spiro atoms. The van der Waals surface area contributed by atoms with Gasteiger partial charge in [-0.05, 0) is 53.8 Å². The van der Waals surface area contributed by atoms with E-state index in [9.17, 15) is 0 Å². The molecule has 0 saturated carbocycles. The summed E-state index contributed by atoms with van der Waals surface area (Å²) in [7, 11) is 3.28.